The van der Waals surface area contributed by atoms with Crippen LogP contribution in [-0.4, -0.2) is 43.4 Å². The molecule has 5 nitrogen and oxygen atoms in total. The van der Waals surface area contributed by atoms with Gasteiger partial charge >= 0.3 is 0 Å². The van der Waals surface area contributed by atoms with Gasteiger partial charge in [-0.2, -0.15) is 0 Å². The summed E-state index contributed by atoms with van der Waals surface area (Å²) in [7, 11) is 1.70. The molecule has 0 spiro atoms. The van der Waals surface area contributed by atoms with Crippen LogP contribution in [0.3, 0.4) is 0 Å². The highest BCUT2D eigenvalue weighted by molar-refractivity contribution is 7.09. The molecule has 22 heavy (non-hydrogen) atoms. The Morgan fingerprint density at radius 2 is 2.18 bits per heavy atom. The van der Waals surface area contributed by atoms with Crippen LogP contribution in [0.2, 0.25) is 0 Å². The molecule has 1 aliphatic heterocycles. The Labute approximate surface area is 136 Å². The number of thiophene rings is 1. The molecule has 0 saturated carbocycles. The summed E-state index contributed by atoms with van der Waals surface area (Å²) in [6.45, 7) is 2.78. The summed E-state index contributed by atoms with van der Waals surface area (Å²) in [6.07, 6.45) is 3.78. The van der Waals surface area contributed by atoms with Gasteiger partial charge in [0.05, 0.1) is 13.1 Å². The van der Waals surface area contributed by atoms with Gasteiger partial charge in [-0.15, -0.1) is 11.3 Å². The second kappa shape index (κ2) is 8.90. The fraction of sp³-hybridized carbons (Fsp3) is 0.625. The van der Waals surface area contributed by atoms with Crippen molar-refractivity contribution in [1.29, 1.82) is 0 Å². The smallest absolute Gasteiger partial charge is 0.239 e. The maximum atomic E-state index is 12.1. The molecule has 1 aromatic heterocycles. The summed E-state index contributed by atoms with van der Waals surface area (Å²) >= 11 is 1.61. The number of hydrogen-bond donors (Lipinski definition) is 2. The molecule has 0 atom stereocenters. The largest absolute Gasteiger partial charge is 0.350 e. The molecule has 0 bridgehead atoms. The van der Waals surface area contributed by atoms with E-state index >= 15 is 0 Å². The van der Waals surface area contributed by atoms with Crippen LogP contribution >= 0.6 is 11.3 Å². The minimum absolute atomic E-state index is 0.0600. The predicted molar refractivity (Wildman–Crippen MR) is 88.6 cm³/mol. The minimum Gasteiger partial charge on any atom is -0.350 e. The molecule has 0 radical (unpaired) electrons. The van der Waals surface area contributed by atoms with Gasteiger partial charge in [-0.1, -0.05) is 6.07 Å². The molecule has 0 aromatic carbocycles. The highest BCUT2D eigenvalue weighted by Gasteiger charge is 2.17. The van der Waals surface area contributed by atoms with Crippen LogP contribution < -0.4 is 10.6 Å². The standard InChI is InChI=1S/C16H25N3O2S/c1-19(12-15(20)18-11-14-3-2-10-22-14)16(21)5-4-13-6-8-17-9-7-13/h2-3,10,13,17H,4-9,11-12H2,1H3,(H,18,20). The minimum atomic E-state index is -0.105. The van der Waals surface area contributed by atoms with E-state index in [9.17, 15) is 9.59 Å². The molecule has 1 fully saturated rings. The van der Waals surface area contributed by atoms with E-state index in [1.165, 1.54) is 4.90 Å². The number of carbonyl (C=O) groups is 2. The molecule has 2 amide bonds. The van der Waals surface area contributed by atoms with E-state index in [0.717, 1.165) is 37.2 Å². The lowest BCUT2D eigenvalue weighted by atomic mass is 9.93. The first-order valence-corrected chi connectivity index (χ1v) is 8.77. The average Bonchev–Trinajstić information content (AvgIpc) is 3.05. The zero-order valence-corrected chi connectivity index (χ0v) is 14.0. The van der Waals surface area contributed by atoms with Crippen molar-refractivity contribution >= 4 is 23.2 Å². The molecule has 1 aromatic rings. The second-order valence-electron chi connectivity index (χ2n) is 5.84. The zero-order valence-electron chi connectivity index (χ0n) is 13.1. The van der Waals surface area contributed by atoms with Crippen LogP contribution in [0.1, 0.15) is 30.6 Å². The summed E-state index contributed by atoms with van der Waals surface area (Å²) in [5.74, 6) is 0.599. The van der Waals surface area contributed by atoms with Gasteiger partial charge in [0.15, 0.2) is 0 Å². The first-order valence-electron chi connectivity index (χ1n) is 7.89. The van der Waals surface area contributed by atoms with E-state index in [0.29, 0.717) is 18.9 Å². The van der Waals surface area contributed by atoms with Gasteiger partial charge in [-0.05, 0) is 49.7 Å². The lowest BCUT2D eigenvalue weighted by Crippen LogP contribution is -2.38. The van der Waals surface area contributed by atoms with Gasteiger partial charge in [0.25, 0.3) is 0 Å². The van der Waals surface area contributed by atoms with Crippen LogP contribution in [0, 0.1) is 5.92 Å². The number of nitrogens with one attached hydrogen (secondary N) is 2. The van der Waals surface area contributed by atoms with Crippen LogP contribution in [0.15, 0.2) is 17.5 Å². The Hall–Kier alpha value is -1.40. The van der Waals surface area contributed by atoms with Crippen LogP contribution in [0.25, 0.3) is 0 Å². The van der Waals surface area contributed by atoms with Gasteiger partial charge in [0, 0.05) is 18.3 Å². The van der Waals surface area contributed by atoms with E-state index in [1.54, 1.807) is 18.4 Å². The van der Waals surface area contributed by atoms with Crippen molar-refractivity contribution in [3.05, 3.63) is 22.4 Å². The van der Waals surface area contributed by atoms with Gasteiger partial charge in [0.1, 0.15) is 0 Å². The third kappa shape index (κ3) is 5.77. The van der Waals surface area contributed by atoms with Crippen molar-refractivity contribution in [3.63, 3.8) is 0 Å². The lowest BCUT2D eigenvalue weighted by molar-refractivity contribution is -0.135. The second-order valence-corrected chi connectivity index (χ2v) is 6.87. The van der Waals surface area contributed by atoms with Crippen LogP contribution in [0.4, 0.5) is 0 Å². The van der Waals surface area contributed by atoms with Crippen molar-refractivity contribution in [1.82, 2.24) is 15.5 Å². The van der Waals surface area contributed by atoms with Gasteiger partial charge in [0.2, 0.25) is 11.8 Å². The highest BCUT2D eigenvalue weighted by Crippen LogP contribution is 2.18. The van der Waals surface area contributed by atoms with Crippen LogP contribution in [0.5, 0.6) is 0 Å². The Kier molecular flexibility index (Phi) is 6.86. The highest BCUT2D eigenvalue weighted by atomic mass is 32.1. The monoisotopic (exact) mass is 323 g/mol. The molecule has 6 heteroatoms. The summed E-state index contributed by atoms with van der Waals surface area (Å²) in [6, 6.07) is 3.95. The fourth-order valence-electron chi connectivity index (χ4n) is 2.65. The van der Waals surface area contributed by atoms with E-state index in [4.69, 9.17) is 0 Å². The maximum absolute atomic E-state index is 12.1. The molecule has 2 rings (SSSR count). The van der Waals surface area contributed by atoms with Gasteiger partial charge in [-0.25, -0.2) is 0 Å². The average molecular weight is 323 g/mol. The number of rotatable bonds is 7. The van der Waals surface area contributed by atoms with Crippen LogP contribution in [-0.2, 0) is 16.1 Å². The van der Waals surface area contributed by atoms with E-state index in [2.05, 4.69) is 10.6 Å². The first-order chi connectivity index (χ1) is 10.6. The van der Waals surface area contributed by atoms with Crippen molar-refractivity contribution in [2.45, 2.75) is 32.2 Å². The molecular formula is C16H25N3O2S. The number of carbonyl (C=O) groups excluding carboxylic acids is 2. The molecule has 0 aliphatic carbocycles. The third-order valence-electron chi connectivity index (χ3n) is 4.07. The Balaban J connectivity index is 1.63. The molecule has 2 N–H and O–H groups in total. The van der Waals surface area contributed by atoms with Crippen molar-refractivity contribution < 1.29 is 9.59 Å². The zero-order chi connectivity index (χ0) is 15.8. The number of hydrogen-bond acceptors (Lipinski definition) is 4. The van der Waals surface area contributed by atoms with Crippen molar-refractivity contribution in [2.75, 3.05) is 26.7 Å². The lowest BCUT2D eigenvalue weighted by Gasteiger charge is -2.23. The Bertz CT molecular complexity index is 470. The van der Waals surface area contributed by atoms with Gasteiger partial charge < -0.3 is 15.5 Å². The SMILES string of the molecule is CN(CC(=O)NCc1cccs1)C(=O)CCC1CCNCC1. The van der Waals surface area contributed by atoms with Crippen molar-refractivity contribution in [2.24, 2.45) is 5.92 Å². The van der Waals surface area contributed by atoms with E-state index < -0.39 is 0 Å². The first kappa shape index (κ1) is 17.0. The number of likely N-dealkylation sites (N-methyl/N-ethyl adjacent to an activating group) is 1. The van der Waals surface area contributed by atoms with Gasteiger partial charge in [-0.3, -0.25) is 9.59 Å². The number of amides is 2. The third-order valence-corrected chi connectivity index (χ3v) is 4.95. The quantitative estimate of drug-likeness (QED) is 0.801. The predicted octanol–water partition coefficient (Wildman–Crippen LogP) is 1.60. The summed E-state index contributed by atoms with van der Waals surface area (Å²) < 4.78 is 0. The van der Waals surface area contributed by atoms with E-state index in [-0.39, 0.29) is 18.4 Å². The molecule has 122 valence electrons. The van der Waals surface area contributed by atoms with Crippen molar-refractivity contribution in [3.8, 4) is 0 Å². The number of piperidine rings is 1. The maximum Gasteiger partial charge on any atom is 0.239 e. The number of nitrogens with zero attached hydrogens (tertiary/aromatic N) is 1. The molecule has 2 heterocycles. The Morgan fingerprint density at radius 3 is 2.86 bits per heavy atom. The summed E-state index contributed by atoms with van der Waals surface area (Å²) in [5, 5.41) is 8.16. The van der Waals surface area contributed by atoms with E-state index in [1.807, 2.05) is 17.5 Å². The summed E-state index contributed by atoms with van der Waals surface area (Å²) in [5.41, 5.74) is 0. The molecule has 1 saturated heterocycles. The topological polar surface area (TPSA) is 61.4 Å². The fourth-order valence-corrected chi connectivity index (χ4v) is 3.29. The molecular weight excluding hydrogens is 298 g/mol. The molecule has 0 unspecified atom stereocenters. The summed E-state index contributed by atoms with van der Waals surface area (Å²) in [4.78, 5) is 26.6. The Morgan fingerprint density at radius 1 is 1.41 bits per heavy atom. The molecule has 1 aliphatic rings. The normalized spacial score (nSPS) is 15.5.